The van der Waals surface area contributed by atoms with Crippen molar-refractivity contribution in [3.8, 4) is 0 Å². The van der Waals surface area contributed by atoms with Crippen molar-refractivity contribution in [1.82, 2.24) is 0 Å². The molecular weight excluding hydrogens is 364 g/mol. The summed E-state index contributed by atoms with van der Waals surface area (Å²) in [4.78, 5) is 37.4. The van der Waals surface area contributed by atoms with Crippen molar-refractivity contribution in [2.45, 2.75) is 84.7 Å². The molecule has 0 N–H and O–H groups in total. The molecule has 29 heavy (non-hydrogen) atoms. The van der Waals surface area contributed by atoms with Gasteiger partial charge in [0.15, 0.2) is 5.78 Å². The molecule has 0 unspecified atom stereocenters. The van der Waals surface area contributed by atoms with E-state index in [1.807, 2.05) is 0 Å². The van der Waals surface area contributed by atoms with Crippen LogP contribution in [0.15, 0.2) is 23.8 Å². The fourth-order valence-electron chi connectivity index (χ4n) is 6.84. The Morgan fingerprint density at radius 2 is 1.97 bits per heavy atom. The lowest BCUT2D eigenvalue weighted by molar-refractivity contribution is -0.154. The number of ketones is 2. The van der Waals surface area contributed by atoms with E-state index in [1.165, 1.54) is 0 Å². The highest BCUT2D eigenvalue weighted by molar-refractivity contribution is 6.01. The summed E-state index contributed by atoms with van der Waals surface area (Å²) in [5, 5.41) is 0. The molecule has 0 amide bonds. The monoisotopic (exact) mass is 398 g/mol. The van der Waals surface area contributed by atoms with Gasteiger partial charge in [-0.2, -0.15) is 0 Å². The normalized spacial score (nSPS) is 40.7. The maximum atomic E-state index is 12.7. The molecule has 158 valence electrons. The lowest BCUT2D eigenvalue weighted by atomic mass is 9.48. The van der Waals surface area contributed by atoms with Crippen LogP contribution in [0.3, 0.4) is 0 Å². The zero-order chi connectivity index (χ0) is 20.8. The highest BCUT2D eigenvalue weighted by Crippen LogP contribution is 2.63. The molecule has 4 aliphatic carbocycles. The van der Waals surface area contributed by atoms with Crippen LogP contribution in [0.2, 0.25) is 0 Å². The van der Waals surface area contributed by atoms with Crippen LogP contribution >= 0.6 is 0 Å². The Morgan fingerprint density at radius 3 is 2.72 bits per heavy atom. The lowest BCUT2D eigenvalue weighted by Crippen LogP contribution is -2.53. The Bertz CT molecular complexity index is 778. The topological polar surface area (TPSA) is 60.4 Å². The highest BCUT2D eigenvalue weighted by Gasteiger charge is 2.60. The molecule has 3 saturated carbocycles. The maximum absolute atomic E-state index is 12.7. The molecule has 4 heteroatoms. The van der Waals surface area contributed by atoms with Crippen LogP contribution in [-0.2, 0) is 19.1 Å². The quantitative estimate of drug-likeness (QED) is 0.485. The van der Waals surface area contributed by atoms with Gasteiger partial charge in [0.1, 0.15) is 11.9 Å². The maximum Gasteiger partial charge on any atom is 0.306 e. The van der Waals surface area contributed by atoms with E-state index < -0.39 is 0 Å². The van der Waals surface area contributed by atoms with Gasteiger partial charge in [-0.15, -0.1) is 0 Å². The lowest BCUT2D eigenvalue weighted by Gasteiger charge is -2.57. The first-order valence-corrected chi connectivity index (χ1v) is 11.5. The van der Waals surface area contributed by atoms with Crippen molar-refractivity contribution in [1.29, 1.82) is 0 Å². The fraction of sp³-hybridized carbons (Fsp3) is 0.720. The van der Waals surface area contributed by atoms with Gasteiger partial charge >= 0.3 is 5.97 Å². The molecule has 0 saturated heterocycles. The van der Waals surface area contributed by atoms with E-state index in [0.717, 1.165) is 50.5 Å². The van der Waals surface area contributed by atoms with Crippen molar-refractivity contribution in [3.05, 3.63) is 23.8 Å². The van der Waals surface area contributed by atoms with Gasteiger partial charge in [0, 0.05) is 23.7 Å². The minimum Gasteiger partial charge on any atom is -0.458 e. The van der Waals surface area contributed by atoms with Gasteiger partial charge < -0.3 is 4.74 Å². The molecule has 0 heterocycles. The minimum atomic E-state index is -0.345. The smallest absolute Gasteiger partial charge is 0.306 e. The highest BCUT2D eigenvalue weighted by atomic mass is 16.5. The van der Waals surface area contributed by atoms with Crippen LogP contribution < -0.4 is 0 Å². The first-order valence-electron chi connectivity index (χ1n) is 11.5. The third-order valence-electron chi connectivity index (χ3n) is 8.52. The second-order valence-corrected chi connectivity index (χ2v) is 10.1. The number of hydrogen-bond acceptors (Lipinski definition) is 4. The number of fused-ring (bicyclic) bond motifs is 5. The standard InChI is InChI=1S/C25H34O4/c1-4-5-6-7-23(28)29-21-15-17-18-8-9-22(27)25(18,3)13-11-19(17)24(2)12-10-16(26)14-20(21)24/h10,12,14,17-19,21H,4-9,11,13,15H2,1-3H3/t17-,18-,19-,21+,24+,25-/m0/s1. The van der Waals surface area contributed by atoms with Gasteiger partial charge in [0.2, 0.25) is 0 Å². The van der Waals surface area contributed by atoms with Crippen molar-refractivity contribution in [3.63, 3.8) is 0 Å². The third kappa shape index (κ3) is 3.33. The number of rotatable bonds is 5. The number of unbranched alkanes of at least 4 members (excludes halogenated alkanes) is 2. The fourth-order valence-corrected chi connectivity index (χ4v) is 6.84. The summed E-state index contributed by atoms with van der Waals surface area (Å²) in [6, 6.07) is 0. The average molecular weight is 399 g/mol. The predicted molar refractivity (Wildman–Crippen MR) is 111 cm³/mol. The summed E-state index contributed by atoms with van der Waals surface area (Å²) >= 11 is 0. The van der Waals surface area contributed by atoms with Crippen LogP contribution in [0, 0.1) is 28.6 Å². The Balaban J connectivity index is 1.63. The number of allylic oxidation sites excluding steroid dienone is 3. The van der Waals surface area contributed by atoms with E-state index in [-0.39, 0.29) is 28.7 Å². The van der Waals surface area contributed by atoms with Gasteiger partial charge in [0.25, 0.3) is 0 Å². The third-order valence-corrected chi connectivity index (χ3v) is 8.52. The van der Waals surface area contributed by atoms with E-state index in [0.29, 0.717) is 36.4 Å². The first kappa shape index (κ1) is 20.6. The molecular formula is C25H34O4. The minimum absolute atomic E-state index is 0.0142. The van der Waals surface area contributed by atoms with Crippen molar-refractivity contribution in [2.75, 3.05) is 0 Å². The molecule has 4 rings (SSSR count). The van der Waals surface area contributed by atoms with E-state index in [9.17, 15) is 14.4 Å². The molecule has 0 spiro atoms. The molecule has 0 bridgehead atoms. The van der Waals surface area contributed by atoms with Crippen LogP contribution in [0.4, 0.5) is 0 Å². The van der Waals surface area contributed by atoms with Crippen LogP contribution in [0.25, 0.3) is 0 Å². The summed E-state index contributed by atoms with van der Waals surface area (Å²) in [5.74, 6) is 1.35. The molecule has 0 aromatic carbocycles. The van der Waals surface area contributed by atoms with Gasteiger partial charge in [-0.05, 0) is 67.6 Å². The zero-order valence-electron chi connectivity index (χ0n) is 18.0. The summed E-state index contributed by atoms with van der Waals surface area (Å²) in [7, 11) is 0. The molecule has 4 aliphatic rings. The molecule has 0 aliphatic heterocycles. The van der Waals surface area contributed by atoms with Gasteiger partial charge in [-0.3, -0.25) is 14.4 Å². The summed E-state index contributed by atoms with van der Waals surface area (Å²) in [6.07, 6.45) is 12.8. The summed E-state index contributed by atoms with van der Waals surface area (Å²) in [5.41, 5.74) is 0.490. The van der Waals surface area contributed by atoms with Crippen LogP contribution in [0.1, 0.15) is 78.6 Å². The summed E-state index contributed by atoms with van der Waals surface area (Å²) in [6.45, 7) is 6.48. The van der Waals surface area contributed by atoms with Crippen LogP contribution in [-0.4, -0.2) is 23.6 Å². The Kier molecular flexibility index (Phi) is 5.33. The van der Waals surface area contributed by atoms with Crippen molar-refractivity contribution < 1.29 is 19.1 Å². The number of Topliss-reactive ketones (excluding diaryl/α,β-unsaturated/α-hetero) is 1. The largest absolute Gasteiger partial charge is 0.458 e. The number of esters is 1. The average Bonchev–Trinajstić information content (AvgIpc) is 2.98. The second-order valence-electron chi connectivity index (χ2n) is 10.1. The Hall–Kier alpha value is -1.71. The number of carbonyl (C=O) groups is 3. The molecule has 0 radical (unpaired) electrons. The van der Waals surface area contributed by atoms with Gasteiger partial charge in [-0.25, -0.2) is 0 Å². The summed E-state index contributed by atoms with van der Waals surface area (Å²) < 4.78 is 6.00. The van der Waals surface area contributed by atoms with E-state index in [4.69, 9.17) is 4.74 Å². The van der Waals surface area contributed by atoms with Crippen molar-refractivity contribution >= 4 is 17.5 Å². The number of carbonyl (C=O) groups excluding carboxylic acids is 3. The molecule has 0 aromatic rings. The SMILES string of the molecule is CCCCCC(=O)O[C@@H]1C[C@@H]2[C@H](CC[C@]3(C)C(=O)CC[C@@H]23)[C@@]2(C)C=CC(=O)C=C12. The predicted octanol–water partition coefficient (Wildman–Crippen LogP) is 4.97. The van der Waals surface area contributed by atoms with E-state index in [1.54, 1.807) is 12.2 Å². The van der Waals surface area contributed by atoms with Crippen molar-refractivity contribution in [2.24, 2.45) is 28.6 Å². The number of ether oxygens (including phenoxy) is 1. The second kappa shape index (κ2) is 7.52. The zero-order valence-corrected chi connectivity index (χ0v) is 18.0. The first-order chi connectivity index (χ1) is 13.8. The van der Waals surface area contributed by atoms with Gasteiger partial charge in [-0.1, -0.05) is 39.7 Å². The molecule has 4 nitrogen and oxygen atoms in total. The molecule has 6 atom stereocenters. The number of hydrogen-bond donors (Lipinski definition) is 0. The molecule has 0 aromatic heterocycles. The molecule has 3 fully saturated rings. The van der Waals surface area contributed by atoms with E-state index in [2.05, 4.69) is 26.8 Å². The van der Waals surface area contributed by atoms with E-state index >= 15 is 0 Å². The van der Waals surface area contributed by atoms with Gasteiger partial charge in [0.05, 0.1) is 0 Å². The Labute approximate surface area is 174 Å². The Morgan fingerprint density at radius 1 is 1.17 bits per heavy atom. The van der Waals surface area contributed by atoms with Crippen LogP contribution in [0.5, 0.6) is 0 Å².